The molecule has 0 aromatic carbocycles. The van der Waals surface area contributed by atoms with Crippen LogP contribution in [0.15, 0.2) is 6.20 Å². The number of rotatable bonds is 2. The Hall–Kier alpha value is -1.39. The second kappa shape index (κ2) is 2.69. The van der Waals surface area contributed by atoms with Crippen molar-refractivity contribution in [3.63, 3.8) is 0 Å². The molecule has 0 fully saturated rings. The topological polar surface area (TPSA) is 68.0 Å². The standard InChI is InChI=1S/C6H9N3O2/c1-4(6(10)11)5-3-7-9(2)8-5/h3-4H,1-2H3,(H,10,11). The van der Waals surface area contributed by atoms with Crippen molar-refractivity contribution in [3.05, 3.63) is 11.9 Å². The first-order valence-electron chi connectivity index (χ1n) is 3.20. The molecule has 0 radical (unpaired) electrons. The van der Waals surface area contributed by atoms with Crippen molar-refractivity contribution < 1.29 is 9.90 Å². The van der Waals surface area contributed by atoms with E-state index >= 15 is 0 Å². The lowest BCUT2D eigenvalue weighted by atomic mass is 10.1. The third kappa shape index (κ3) is 1.54. The third-order valence-corrected chi connectivity index (χ3v) is 1.43. The number of nitrogens with zero attached hydrogens (tertiary/aromatic N) is 3. The van der Waals surface area contributed by atoms with Gasteiger partial charge >= 0.3 is 5.97 Å². The molecule has 0 bridgehead atoms. The highest BCUT2D eigenvalue weighted by atomic mass is 16.4. The lowest BCUT2D eigenvalue weighted by Gasteiger charge is -1.98. The molecule has 0 aliphatic heterocycles. The second-order valence-electron chi connectivity index (χ2n) is 2.32. The van der Waals surface area contributed by atoms with Crippen molar-refractivity contribution in [3.8, 4) is 0 Å². The Kier molecular flexibility index (Phi) is 1.89. The summed E-state index contributed by atoms with van der Waals surface area (Å²) in [6.07, 6.45) is 1.46. The molecule has 0 spiro atoms. The predicted molar refractivity (Wildman–Crippen MR) is 37.1 cm³/mol. The maximum atomic E-state index is 10.4. The van der Waals surface area contributed by atoms with Crippen LogP contribution in [0.2, 0.25) is 0 Å². The number of carboxylic acid groups (broad SMARTS) is 1. The largest absolute Gasteiger partial charge is 0.481 e. The maximum absolute atomic E-state index is 10.4. The molecule has 0 amide bonds. The van der Waals surface area contributed by atoms with Crippen LogP contribution < -0.4 is 0 Å². The monoisotopic (exact) mass is 155 g/mol. The van der Waals surface area contributed by atoms with Crippen LogP contribution in [0, 0.1) is 0 Å². The van der Waals surface area contributed by atoms with E-state index in [0.717, 1.165) is 0 Å². The SMILES string of the molecule is CC(C(=O)O)c1cnn(C)n1. The van der Waals surface area contributed by atoms with Crippen molar-refractivity contribution in [2.75, 3.05) is 0 Å². The van der Waals surface area contributed by atoms with Gasteiger partial charge in [-0.25, -0.2) is 0 Å². The van der Waals surface area contributed by atoms with Crippen LogP contribution in [0.1, 0.15) is 18.5 Å². The molecule has 1 heterocycles. The Morgan fingerprint density at radius 2 is 2.45 bits per heavy atom. The molecule has 1 unspecified atom stereocenters. The van der Waals surface area contributed by atoms with Gasteiger partial charge in [0, 0.05) is 7.05 Å². The van der Waals surface area contributed by atoms with Gasteiger partial charge in [-0.05, 0) is 6.92 Å². The summed E-state index contributed by atoms with van der Waals surface area (Å²) >= 11 is 0. The predicted octanol–water partition coefficient (Wildman–Crippen LogP) is 0.00320. The summed E-state index contributed by atoms with van der Waals surface area (Å²) in [7, 11) is 1.65. The first kappa shape index (κ1) is 7.71. The van der Waals surface area contributed by atoms with Crippen LogP contribution >= 0.6 is 0 Å². The summed E-state index contributed by atoms with van der Waals surface area (Å²) in [6.45, 7) is 1.58. The number of hydrogen-bond donors (Lipinski definition) is 1. The van der Waals surface area contributed by atoms with Gasteiger partial charge in [0.1, 0.15) is 0 Å². The molecule has 1 N–H and O–H groups in total. The molecule has 11 heavy (non-hydrogen) atoms. The van der Waals surface area contributed by atoms with E-state index in [1.54, 1.807) is 14.0 Å². The van der Waals surface area contributed by atoms with Gasteiger partial charge in [-0.1, -0.05) is 0 Å². The Morgan fingerprint density at radius 1 is 1.82 bits per heavy atom. The van der Waals surface area contributed by atoms with Gasteiger partial charge in [0.15, 0.2) is 0 Å². The summed E-state index contributed by atoms with van der Waals surface area (Å²) < 4.78 is 0. The van der Waals surface area contributed by atoms with Crippen LogP contribution in [0.25, 0.3) is 0 Å². The van der Waals surface area contributed by atoms with E-state index in [1.807, 2.05) is 0 Å². The van der Waals surface area contributed by atoms with Gasteiger partial charge < -0.3 is 5.11 Å². The van der Waals surface area contributed by atoms with Crippen LogP contribution in [-0.2, 0) is 11.8 Å². The fraction of sp³-hybridized carbons (Fsp3) is 0.500. The number of aromatic nitrogens is 3. The van der Waals surface area contributed by atoms with Gasteiger partial charge in [-0.15, -0.1) is 0 Å². The van der Waals surface area contributed by atoms with Crippen LogP contribution in [-0.4, -0.2) is 26.1 Å². The lowest BCUT2D eigenvalue weighted by molar-refractivity contribution is -0.138. The summed E-state index contributed by atoms with van der Waals surface area (Å²) in [5.41, 5.74) is 0.486. The Labute approximate surface area is 63.6 Å². The van der Waals surface area contributed by atoms with Gasteiger partial charge in [-0.2, -0.15) is 15.0 Å². The van der Waals surface area contributed by atoms with E-state index in [2.05, 4.69) is 10.2 Å². The highest BCUT2D eigenvalue weighted by molar-refractivity contribution is 5.74. The molecule has 5 nitrogen and oxygen atoms in total. The summed E-state index contributed by atoms with van der Waals surface area (Å²) in [5, 5.41) is 16.2. The first-order chi connectivity index (χ1) is 5.11. The van der Waals surface area contributed by atoms with Crippen molar-refractivity contribution >= 4 is 5.97 Å². The zero-order chi connectivity index (χ0) is 8.43. The fourth-order valence-corrected chi connectivity index (χ4v) is 0.686. The van der Waals surface area contributed by atoms with Gasteiger partial charge in [0.05, 0.1) is 17.8 Å². The van der Waals surface area contributed by atoms with E-state index in [4.69, 9.17) is 5.11 Å². The molecule has 1 atom stereocenters. The highest BCUT2D eigenvalue weighted by Gasteiger charge is 2.16. The molecule has 0 saturated carbocycles. The molecule has 1 aromatic heterocycles. The first-order valence-corrected chi connectivity index (χ1v) is 3.20. The molecule has 0 aliphatic rings. The number of carboxylic acids is 1. The molecule has 0 aliphatic carbocycles. The molecule has 1 rings (SSSR count). The maximum Gasteiger partial charge on any atom is 0.312 e. The smallest absolute Gasteiger partial charge is 0.312 e. The van der Waals surface area contributed by atoms with E-state index in [0.29, 0.717) is 5.69 Å². The van der Waals surface area contributed by atoms with E-state index in [9.17, 15) is 4.79 Å². The van der Waals surface area contributed by atoms with Crippen LogP contribution in [0.4, 0.5) is 0 Å². The number of aliphatic carboxylic acids is 1. The van der Waals surface area contributed by atoms with Crippen LogP contribution in [0.5, 0.6) is 0 Å². The van der Waals surface area contributed by atoms with Gasteiger partial charge in [-0.3, -0.25) is 4.79 Å². The zero-order valence-electron chi connectivity index (χ0n) is 6.35. The fourth-order valence-electron chi connectivity index (χ4n) is 0.686. The molecular weight excluding hydrogens is 146 g/mol. The van der Waals surface area contributed by atoms with Crippen molar-refractivity contribution in [2.24, 2.45) is 7.05 Å². The Balaban J connectivity index is 2.84. The summed E-state index contributed by atoms with van der Waals surface area (Å²) in [5.74, 6) is -1.46. The van der Waals surface area contributed by atoms with Crippen molar-refractivity contribution in [1.82, 2.24) is 15.0 Å². The van der Waals surface area contributed by atoms with Gasteiger partial charge in [0.2, 0.25) is 0 Å². The summed E-state index contributed by atoms with van der Waals surface area (Å²) in [4.78, 5) is 11.8. The molecule has 0 saturated heterocycles. The van der Waals surface area contributed by atoms with Crippen LogP contribution in [0.3, 0.4) is 0 Å². The minimum absolute atomic E-state index is 0.486. The Morgan fingerprint density at radius 3 is 2.82 bits per heavy atom. The second-order valence-corrected chi connectivity index (χ2v) is 2.32. The van der Waals surface area contributed by atoms with Gasteiger partial charge in [0.25, 0.3) is 0 Å². The molecule has 5 heteroatoms. The molecule has 60 valence electrons. The lowest BCUT2D eigenvalue weighted by Crippen LogP contribution is -2.08. The Bertz CT molecular complexity index is 269. The zero-order valence-corrected chi connectivity index (χ0v) is 6.35. The number of hydrogen-bond acceptors (Lipinski definition) is 3. The average molecular weight is 155 g/mol. The number of aryl methyl sites for hydroxylation is 1. The average Bonchev–Trinajstić information content (AvgIpc) is 2.34. The van der Waals surface area contributed by atoms with E-state index in [-0.39, 0.29) is 0 Å². The normalized spacial score (nSPS) is 12.9. The summed E-state index contributed by atoms with van der Waals surface area (Å²) in [6, 6.07) is 0. The minimum atomic E-state index is -0.884. The van der Waals surface area contributed by atoms with Crippen molar-refractivity contribution in [1.29, 1.82) is 0 Å². The van der Waals surface area contributed by atoms with Crippen molar-refractivity contribution in [2.45, 2.75) is 12.8 Å². The third-order valence-electron chi connectivity index (χ3n) is 1.43. The van der Waals surface area contributed by atoms with E-state index < -0.39 is 11.9 Å². The molecule has 1 aromatic rings. The van der Waals surface area contributed by atoms with E-state index in [1.165, 1.54) is 11.0 Å². The highest BCUT2D eigenvalue weighted by Crippen LogP contribution is 2.09. The quantitative estimate of drug-likeness (QED) is 0.652. The number of carbonyl (C=O) groups is 1. The molecular formula is C6H9N3O2. The minimum Gasteiger partial charge on any atom is -0.481 e.